The number of aliphatic hydroxyl groups is 4. The van der Waals surface area contributed by atoms with Gasteiger partial charge in [0, 0.05) is 38.5 Å². The van der Waals surface area contributed by atoms with Gasteiger partial charge < -0.3 is 47.8 Å². The molecule has 13 nitrogen and oxygen atoms in total. The van der Waals surface area contributed by atoms with Crippen LogP contribution in [0.5, 0.6) is 0 Å². The molecule has 0 aliphatic heterocycles. The van der Waals surface area contributed by atoms with Crippen LogP contribution in [0.4, 0.5) is 0 Å². The fourth-order valence-electron chi connectivity index (χ4n) is 3.07. The molecule has 0 aromatic heterocycles. The van der Waals surface area contributed by atoms with E-state index in [1.165, 1.54) is 7.05 Å². The first-order valence-corrected chi connectivity index (χ1v) is 12.3. The number of unbranched alkanes of at least 4 members (excludes halogenated alkanes) is 3. The van der Waals surface area contributed by atoms with Crippen LogP contribution in [0.25, 0.3) is 0 Å². The van der Waals surface area contributed by atoms with Gasteiger partial charge in [0.1, 0.15) is 12.2 Å². The molecule has 0 aliphatic carbocycles. The Morgan fingerprint density at radius 2 is 1.22 bits per heavy atom. The normalized spacial score (nSPS) is 16.2. The average Bonchev–Trinajstić information content (AvgIpc) is 2.83. The lowest BCUT2D eigenvalue weighted by molar-refractivity contribution is -0.155. The van der Waals surface area contributed by atoms with Crippen LogP contribution in [0.15, 0.2) is 9.98 Å². The molecule has 0 heterocycles. The van der Waals surface area contributed by atoms with E-state index in [0.29, 0.717) is 24.6 Å². The van der Waals surface area contributed by atoms with Crippen molar-refractivity contribution in [3.8, 4) is 0 Å². The monoisotopic (exact) mass is 517 g/mol. The van der Waals surface area contributed by atoms with Crippen LogP contribution >= 0.6 is 0 Å². The average molecular weight is 518 g/mol. The second-order valence-corrected chi connectivity index (χ2v) is 9.61. The second kappa shape index (κ2) is 18.0. The molecule has 11 N–H and O–H groups in total. The Morgan fingerprint density at radius 1 is 0.778 bits per heavy atom. The largest absolute Gasteiger partial charge is 0.387 e. The molecule has 0 bridgehead atoms. The van der Waals surface area contributed by atoms with Crippen molar-refractivity contribution in [2.75, 3.05) is 33.2 Å². The van der Waals surface area contributed by atoms with Gasteiger partial charge in [0.15, 0.2) is 12.2 Å². The Hall–Kier alpha value is -2.32. The van der Waals surface area contributed by atoms with Crippen LogP contribution in [-0.2, 0) is 9.59 Å². The highest BCUT2D eigenvalue weighted by Gasteiger charge is 2.36. The number of aliphatic hydroxyl groups excluding tert-OH is 4. The first-order chi connectivity index (χ1) is 16.8. The van der Waals surface area contributed by atoms with Gasteiger partial charge in [0.25, 0.3) is 11.8 Å². The SMILES string of the molecule is CNC(=O)[C@@H](O)[C@H](O)[C@H](O)[C@@H](O)C(=O)NCCN=C(N)CCCCCCC(N)=NCCNC(C)(C)C. The molecule has 36 heavy (non-hydrogen) atoms. The predicted octanol–water partition coefficient (Wildman–Crippen LogP) is -2.26. The van der Waals surface area contributed by atoms with Crippen LogP contribution in [-0.4, -0.2) is 107 Å². The Bertz CT molecular complexity index is 712. The van der Waals surface area contributed by atoms with Crippen molar-refractivity contribution >= 4 is 23.5 Å². The van der Waals surface area contributed by atoms with E-state index in [-0.39, 0.29) is 18.6 Å². The van der Waals surface area contributed by atoms with E-state index in [2.05, 4.69) is 46.7 Å². The highest BCUT2D eigenvalue weighted by atomic mass is 16.4. The zero-order valence-electron chi connectivity index (χ0n) is 22.0. The molecule has 0 fully saturated rings. The molecule has 13 heteroatoms. The Morgan fingerprint density at radius 3 is 1.67 bits per heavy atom. The maximum atomic E-state index is 11.9. The van der Waals surface area contributed by atoms with Crippen LogP contribution in [0.2, 0.25) is 0 Å². The quantitative estimate of drug-likeness (QED) is 0.0542. The van der Waals surface area contributed by atoms with Crippen molar-refractivity contribution in [3.63, 3.8) is 0 Å². The number of amides is 2. The lowest BCUT2D eigenvalue weighted by atomic mass is 10.0. The maximum absolute atomic E-state index is 11.9. The van der Waals surface area contributed by atoms with E-state index in [0.717, 1.165) is 38.6 Å². The van der Waals surface area contributed by atoms with E-state index in [4.69, 9.17) is 11.5 Å². The maximum Gasteiger partial charge on any atom is 0.251 e. The minimum Gasteiger partial charge on any atom is -0.387 e. The number of nitrogens with zero attached hydrogens (tertiary/aromatic N) is 2. The number of nitrogens with two attached hydrogens (primary N) is 2. The van der Waals surface area contributed by atoms with Crippen molar-refractivity contribution in [1.29, 1.82) is 0 Å². The number of aliphatic imine (C=N–C) groups is 2. The molecule has 210 valence electrons. The summed E-state index contributed by atoms with van der Waals surface area (Å²) in [6.45, 7) is 7.98. The first-order valence-electron chi connectivity index (χ1n) is 12.3. The zero-order chi connectivity index (χ0) is 27.7. The van der Waals surface area contributed by atoms with E-state index in [9.17, 15) is 30.0 Å². The summed E-state index contributed by atoms with van der Waals surface area (Å²) in [7, 11) is 1.22. The summed E-state index contributed by atoms with van der Waals surface area (Å²) >= 11 is 0. The molecule has 0 aromatic carbocycles. The molecule has 4 atom stereocenters. The summed E-state index contributed by atoms with van der Waals surface area (Å²) in [6, 6.07) is 0. The third-order valence-electron chi connectivity index (χ3n) is 5.20. The number of likely N-dealkylation sites (N-methyl/N-ethyl adjacent to an activating group) is 1. The Labute approximate surface area is 213 Å². The van der Waals surface area contributed by atoms with Crippen LogP contribution in [0.3, 0.4) is 0 Å². The van der Waals surface area contributed by atoms with Gasteiger partial charge >= 0.3 is 0 Å². The third-order valence-corrected chi connectivity index (χ3v) is 5.20. The number of carbonyl (C=O) groups is 2. The number of hydrogen-bond donors (Lipinski definition) is 9. The fourth-order valence-corrected chi connectivity index (χ4v) is 3.07. The van der Waals surface area contributed by atoms with Gasteiger partial charge in [-0.1, -0.05) is 12.8 Å². The van der Waals surface area contributed by atoms with Gasteiger partial charge in [0.05, 0.1) is 24.8 Å². The number of hydrogen-bond acceptors (Lipinski definition) is 9. The fraction of sp³-hybridized carbons (Fsp3) is 0.826. The molecule has 0 aliphatic rings. The lowest BCUT2D eigenvalue weighted by Gasteiger charge is -2.25. The molecular formula is C23H47N7O6. The molecule has 0 aromatic rings. The van der Waals surface area contributed by atoms with Gasteiger partial charge in [-0.15, -0.1) is 0 Å². The smallest absolute Gasteiger partial charge is 0.251 e. The van der Waals surface area contributed by atoms with Gasteiger partial charge in [-0.2, -0.15) is 0 Å². The van der Waals surface area contributed by atoms with Crippen molar-refractivity contribution in [1.82, 2.24) is 16.0 Å². The van der Waals surface area contributed by atoms with Gasteiger partial charge in [-0.3, -0.25) is 19.6 Å². The highest BCUT2D eigenvalue weighted by molar-refractivity contribution is 5.83. The summed E-state index contributed by atoms with van der Waals surface area (Å²) < 4.78 is 0. The summed E-state index contributed by atoms with van der Waals surface area (Å²) in [5.74, 6) is -0.825. The third kappa shape index (κ3) is 15.6. The lowest BCUT2D eigenvalue weighted by Crippen LogP contribution is -2.54. The number of nitrogens with one attached hydrogen (secondary N) is 3. The van der Waals surface area contributed by atoms with Crippen LogP contribution in [0.1, 0.15) is 59.3 Å². The second-order valence-electron chi connectivity index (χ2n) is 9.61. The van der Waals surface area contributed by atoms with E-state index in [1.54, 1.807) is 0 Å². The summed E-state index contributed by atoms with van der Waals surface area (Å²) in [5.41, 5.74) is 11.9. The van der Waals surface area contributed by atoms with Crippen molar-refractivity contribution in [3.05, 3.63) is 0 Å². The van der Waals surface area contributed by atoms with Crippen LogP contribution in [0, 0.1) is 0 Å². The molecule has 0 rings (SSSR count). The van der Waals surface area contributed by atoms with Gasteiger partial charge in [-0.05, 0) is 33.6 Å². The van der Waals surface area contributed by atoms with Gasteiger partial charge in [-0.25, -0.2) is 0 Å². The van der Waals surface area contributed by atoms with Gasteiger partial charge in [0.2, 0.25) is 0 Å². The van der Waals surface area contributed by atoms with Crippen molar-refractivity contribution in [2.45, 2.75) is 89.3 Å². The molecule has 0 spiro atoms. The number of amidine groups is 2. The first kappa shape index (κ1) is 33.7. The molecule has 0 unspecified atom stereocenters. The zero-order valence-corrected chi connectivity index (χ0v) is 22.0. The summed E-state index contributed by atoms with van der Waals surface area (Å²) in [4.78, 5) is 31.7. The minimum absolute atomic E-state index is 0.0429. The molecular weight excluding hydrogens is 470 g/mol. The number of rotatable bonds is 18. The van der Waals surface area contributed by atoms with Crippen molar-refractivity contribution in [2.24, 2.45) is 21.5 Å². The standard InChI is InChI=1S/C23H47N7O6/c1-23(2,3)30-14-13-28-16(25)10-8-6-5-7-9-15(24)27-11-12-29-22(36)20(34)18(32)17(31)19(33)21(35)26-4/h17-20,30-34H,5-14H2,1-4H3,(H2,24,27)(H2,25,28)(H,26,35)(H,29,36)/t17-,18+,19+,20-/m1/s1. The predicted molar refractivity (Wildman–Crippen MR) is 140 cm³/mol. The molecule has 0 saturated heterocycles. The molecule has 2 amide bonds. The molecule has 0 radical (unpaired) electrons. The summed E-state index contributed by atoms with van der Waals surface area (Å²) in [6.07, 6.45) is -2.97. The topological polar surface area (TPSA) is 228 Å². The molecule has 0 saturated carbocycles. The Kier molecular flexibility index (Phi) is 16.8. The van der Waals surface area contributed by atoms with E-state index < -0.39 is 36.2 Å². The minimum atomic E-state index is -2.06. The highest BCUT2D eigenvalue weighted by Crippen LogP contribution is 2.07. The van der Waals surface area contributed by atoms with Crippen LogP contribution < -0.4 is 27.4 Å². The van der Waals surface area contributed by atoms with E-state index >= 15 is 0 Å². The van der Waals surface area contributed by atoms with Crippen molar-refractivity contribution < 1.29 is 30.0 Å². The Balaban J connectivity index is 4.03. The summed E-state index contributed by atoms with van der Waals surface area (Å²) in [5, 5.41) is 46.7. The van der Waals surface area contributed by atoms with E-state index in [1.807, 2.05) is 0 Å². The number of carbonyl (C=O) groups excluding carboxylic acids is 2.